The highest BCUT2D eigenvalue weighted by molar-refractivity contribution is 7.71. The van der Waals surface area contributed by atoms with Gasteiger partial charge >= 0.3 is 0 Å². The fourth-order valence-corrected chi connectivity index (χ4v) is 4.36. The van der Waals surface area contributed by atoms with E-state index in [4.69, 9.17) is 12.2 Å². The molecule has 160 valence electrons. The molecule has 4 aromatic rings. The SMILES string of the molecule is O=[N+]([O-])c1ccc(N=c2sn(-c3ccc([N+](=O)[O-])cc3)c(=S)n2Cc2ccccc2)cc1. The number of nitro benzene ring substituents is 2. The number of non-ortho nitro benzene ring substituents is 2. The van der Waals surface area contributed by atoms with E-state index < -0.39 is 9.85 Å². The number of hydrogen-bond donors (Lipinski definition) is 0. The van der Waals surface area contributed by atoms with Gasteiger partial charge in [-0.15, -0.1) is 0 Å². The van der Waals surface area contributed by atoms with Gasteiger partial charge in [0.05, 0.1) is 27.8 Å². The molecule has 0 radical (unpaired) electrons. The van der Waals surface area contributed by atoms with Crippen molar-refractivity contribution in [1.29, 1.82) is 0 Å². The van der Waals surface area contributed by atoms with Crippen LogP contribution in [0.4, 0.5) is 17.1 Å². The smallest absolute Gasteiger partial charge is 0.269 e. The molecular formula is C21H15N5O4S2. The Morgan fingerprint density at radius 3 is 1.97 bits per heavy atom. The zero-order valence-corrected chi connectivity index (χ0v) is 18.0. The molecule has 0 aliphatic rings. The van der Waals surface area contributed by atoms with Crippen LogP contribution in [0.25, 0.3) is 5.69 Å². The molecule has 0 amide bonds. The third kappa shape index (κ3) is 4.53. The average Bonchev–Trinajstić information content (AvgIpc) is 3.10. The van der Waals surface area contributed by atoms with Crippen LogP contribution >= 0.6 is 23.8 Å². The van der Waals surface area contributed by atoms with E-state index in [1.807, 2.05) is 34.9 Å². The molecule has 0 unspecified atom stereocenters. The molecule has 1 heterocycles. The van der Waals surface area contributed by atoms with Crippen molar-refractivity contribution in [1.82, 2.24) is 8.52 Å². The summed E-state index contributed by atoms with van der Waals surface area (Å²) in [5, 5.41) is 21.9. The first kappa shape index (κ1) is 21.3. The maximum atomic E-state index is 11.0. The van der Waals surface area contributed by atoms with Crippen LogP contribution in [0.3, 0.4) is 0 Å². The first-order valence-electron chi connectivity index (χ1n) is 9.33. The fourth-order valence-electron chi connectivity index (χ4n) is 2.98. The minimum atomic E-state index is -0.464. The van der Waals surface area contributed by atoms with Crippen molar-refractivity contribution in [2.24, 2.45) is 4.99 Å². The van der Waals surface area contributed by atoms with Gasteiger partial charge in [0.1, 0.15) is 0 Å². The molecule has 0 fully saturated rings. The predicted molar refractivity (Wildman–Crippen MR) is 123 cm³/mol. The largest absolute Gasteiger partial charge is 0.288 e. The molecule has 0 bridgehead atoms. The third-order valence-electron chi connectivity index (χ3n) is 4.57. The second kappa shape index (κ2) is 9.04. The predicted octanol–water partition coefficient (Wildman–Crippen LogP) is 5.17. The average molecular weight is 466 g/mol. The van der Waals surface area contributed by atoms with Gasteiger partial charge in [-0.25, -0.2) is 8.95 Å². The molecule has 32 heavy (non-hydrogen) atoms. The second-order valence-corrected chi connectivity index (χ2v) is 7.96. The molecule has 0 spiro atoms. The molecule has 0 atom stereocenters. The van der Waals surface area contributed by atoms with Crippen LogP contribution in [0.15, 0.2) is 83.9 Å². The summed E-state index contributed by atoms with van der Waals surface area (Å²) in [6.45, 7) is 0.474. The minimum absolute atomic E-state index is 0.00947. The Bertz CT molecular complexity index is 1410. The molecule has 4 rings (SSSR count). The third-order valence-corrected chi connectivity index (χ3v) is 6.13. The Morgan fingerprint density at radius 2 is 1.41 bits per heavy atom. The van der Waals surface area contributed by atoms with Crippen LogP contribution < -0.4 is 4.80 Å². The topological polar surface area (TPSA) is 108 Å². The van der Waals surface area contributed by atoms with Crippen LogP contribution in [0.5, 0.6) is 0 Å². The monoisotopic (exact) mass is 465 g/mol. The van der Waals surface area contributed by atoms with Crippen molar-refractivity contribution in [3.05, 3.63) is 114 Å². The number of nitro groups is 2. The number of nitrogens with zero attached hydrogens (tertiary/aromatic N) is 5. The standard InChI is InChI=1S/C21H15N5O4S2/c27-25(28)18-8-6-16(7-9-18)22-20-23(14-15-4-2-1-3-5-15)21(31)24(32-20)17-10-12-19(13-11-17)26(29)30/h1-13H,14H2. The minimum Gasteiger partial charge on any atom is -0.288 e. The Hall–Kier alpha value is -3.96. The lowest BCUT2D eigenvalue weighted by Gasteiger charge is -2.04. The van der Waals surface area contributed by atoms with Crippen molar-refractivity contribution < 1.29 is 9.85 Å². The van der Waals surface area contributed by atoms with E-state index in [9.17, 15) is 20.2 Å². The van der Waals surface area contributed by atoms with Crippen molar-refractivity contribution in [2.75, 3.05) is 0 Å². The Morgan fingerprint density at radius 1 is 0.844 bits per heavy atom. The number of hydrogen-bond acceptors (Lipinski definition) is 7. The van der Waals surface area contributed by atoms with Crippen LogP contribution in [-0.4, -0.2) is 18.4 Å². The van der Waals surface area contributed by atoms with Gasteiger partial charge in [0.25, 0.3) is 11.4 Å². The zero-order chi connectivity index (χ0) is 22.7. The fraction of sp³-hybridized carbons (Fsp3) is 0.0476. The van der Waals surface area contributed by atoms with Gasteiger partial charge in [0.15, 0.2) is 4.77 Å². The number of aromatic nitrogens is 2. The molecule has 0 aliphatic carbocycles. The van der Waals surface area contributed by atoms with Gasteiger partial charge in [0, 0.05) is 24.3 Å². The van der Waals surface area contributed by atoms with Crippen LogP contribution in [-0.2, 0) is 6.54 Å². The first-order valence-corrected chi connectivity index (χ1v) is 10.5. The summed E-state index contributed by atoms with van der Waals surface area (Å²) in [5.74, 6) is 0. The van der Waals surface area contributed by atoms with Crippen LogP contribution in [0.2, 0.25) is 0 Å². The van der Waals surface area contributed by atoms with E-state index in [0.29, 0.717) is 27.5 Å². The molecule has 0 saturated heterocycles. The maximum absolute atomic E-state index is 11.0. The van der Waals surface area contributed by atoms with Gasteiger partial charge in [-0.05, 0) is 53.6 Å². The molecular weight excluding hydrogens is 450 g/mol. The van der Waals surface area contributed by atoms with Gasteiger partial charge in [-0.3, -0.25) is 24.8 Å². The number of benzene rings is 3. The second-order valence-electron chi connectivity index (χ2n) is 6.68. The van der Waals surface area contributed by atoms with E-state index in [1.165, 1.54) is 35.8 Å². The van der Waals surface area contributed by atoms with Gasteiger partial charge in [-0.1, -0.05) is 30.3 Å². The lowest BCUT2D eigenvalue weighted by Crippen LogP contribution is -2.15. The Labute approximate surface area is 190 Å². The number of rotatable bonds is 6. The van der Waals surface area contributed by atoms with Gasteiger partial charge < -0.3 is 0 Å². The van der Waals surface area contributed by atoms with E-state index in [1.54, 1.807) is 28.2 Å². The molecule has 0 aliphatic heterocycles. The van der Waals surface area contributed by atoms with E-state index >= 15 is 0 Å². The van der Waals surface area contributed by atoms with E-state index in [-0.39, 0.29) is 11.4 Å². The van der Waals surface area contributed by atoms with E-state index in [0.717, 1.165) is 5.56 Å². The highest BCUT2D eigenvalue weighted by Gasteiger charge is 2.11. The quantitative estimate of drug-likeness (QED) is 0.222. The van der Waals surface area contributed by atoms with E-state index in [2.05, 4.69) is 4.99 Å². The van der Waals surface area contributed by atoms with Gasteiger partial charge in [0.2, 0.25) is 4.80 Å². The van der Waals surface area contributed by atoms with Crippen molar-refractivity contribution in [2.45, 2.75) is 6.54 Å². The van der Waals surface area contributed by atoms with Crippen LogP contribution in [0.1, 0.15) is 5.56 Å². The Balaban J connectivity index is 1.83. The maximum Gasteiger partial charge on any atom is 0.269 e. The summed E-state index contributed by atoms with van der Waals surface area (Å²) in [6, 6.07) is 21.8. The highest BCUT2D eigenvalue weighted by atomic mass is 32.1. The summed E-state index contributed by atoms with van der Waals surface area (Å²) in [4.78, 5) is 26.2. The van der Waals surface area contributed by atoms with Crippen LogP contribution in [0, 0.1) is 25.0 Å². The summed E-state index contributed by atoms with van der Waals surface area (Å²) < 4.78 is 4.11. The lowest BCUT2D eigenvalue weighted by molar-refractivity contribution is -0.385. The van der Waals surface area contributed by atoms with Crippen molar-refractivity contribution in [3.8, 4) is 5.69 Å². The zero-order valence-electron chi connectivity index (χ0n) is 16.4. The molecule has 9 nitrogen and oxygen atoms in total. The lowest BCUT2D eigenvalue weighted by atomic mass is 10.2. The van der Waals surface area contributed by atoms with Crippen molar-refractivity contribution in [3.63, 3.8) is 0 Å². The Kier molecular flexibility index (Phi) is 6.01. The van der Waals surface area contributed by atoms with Crippen molar-refractivity contribution >= 4 is 40.8 Å². The molecule has 0 saturated carbocycles. The molecule has 11 heteroatoms. The molecule has 0 N–H and O–H groups in total. The first-order chi connectivity index (χ1) is 15.4. The highest BCUT2D eigenvalue weighted by Crippen LogP contribution is 2.20. The summed E-state index contributed by atoms with van der Waals surface area (Å²) in [6.07, 6.45) is 0. The summed E-state index contributed by atoms with van der Waals surface area (Å²) >= 11 is 6.99. The molecule has 1 aromatic heterocycles. The van der Waals surface area contributed by atoms with Gasteiger partial charge in [-0.2, -0.15) is 0 Å². The molecule has 3 aromatic carbocycles. The summed E-state index contributed by atoms with van der Waals surface area (Å²) in [5.41, 5.74) is 2.22. The summed E-state index contributed by atoms with van der Waals surface area (Å²) in [7, 11) is 0. The normalized spacial score (nSPS) is 11.4.